The molecule has 6 heteroatoms. The fourth-order valence-corrected chi connectivity index (χ4v) is 2.74. The van der Waals surface area contributed by atoms with Crippen LogP contribution in [0, 0.1) is 0 Å². The molecular weight excluding hydrogens is 268 g/mol. The molecule has 1 aliphatic carbocycles. The summed E-state index contributed by atoms with van der Waals surface area (Å²) in [4.78, 5) is 18.2. The molecule has 1 heterocycles. The van der Waals surface area contributed by atoms with Crippen molar-refractivity contribution < 1.29 is 9.53 Å². The monoisotopic (exact) mass is 292 g/mol. The molecule has 1 aliphatic rings. The van der Waals surface area contributed by atoms with Gasteiger partial charge >= 0.3 is 5.97 Å². The van der Waals surface area contributed by atoms with E-state index >= 15 is 0 Å². The van der Waals surface area contributed by atoms with E-state index in [0.29, 0.717) is 23.1 Å². The van der Waals surface area contributed by atoms with Crippen LogP contribution in [0.1, 0.15) is 36.0 Å². The van der Waals surface area contributed by atoms with Crippen LogP contribution in [0.2, 0.25) is 0 Å². The van der Waals surface area contributed by atoms with Crippen molar-refractivity contribution in [3.05, 3.63) is 17.8 Å². The van der Waals surface area contributed by atoms with Crippen molar-refractivity contribution >= 4 is 17.5 Å². The zero-order chi connectivity index (χ0) is 15.2. The molecule has 1 saturated carbocycles. The SMILES string of the molecule is COC(=O)c1cc(NCCN(C)C2CCCC2)ncc1N. The Morgan fingerprint density at radius 1 is 1.52 bits per heavy atom. The zero-order valence-electron chi connectivity index (χ0n) is 12.8. The molecule has 3 N–H and O–H groups in total. The lowest BCUT2D eigenvalue weighted by molar-refractivity contribution is 0.0602. The minimum atomic E-state index is -0.443. The van der Waals surface area contributed by atoms with E-state index < -0.39 is 5.97 Å². The highest BCUT2D eigenvalue weighted by Gasteiger charge is 2.19. The van der Waals surface area contributed by atoms with Gasteiger partial charge in [-0.2, -0.15) is 0 Å². The number of nitrogen functional groups attached to an aromatic ring is 1. The first-order valence-corrected chi connectivity index (χ1v) is 7.39. The maximum absolute atomic E-state index is 11.6. The average Bonchev–Trinajstić information content (AvgIpc) is 3.02. The first-order valence-electron chi connectivity index (χ1n) is 7.39. The molecule has 1 aromatic heterocycles. The van der Waals surface area contributed by atoms with Crippen LogP contribution in [0.4, 0.5) is 11.5 Å². The van der Waals surface area contributed by atoms with Crippen molar-refractivity contribution in [3.8, 4) is 0 Å². The summed E-state index contributed by atoms with van der Waals surface area (Å²) < 4.78 is 4.70. The number of aromatic nitrogens is 1. The predicted octanol–water partition coefficient (Wildman–Crippen LogP) is 1.74. The summed E-state index contributed by atoms with van der Waals surface area (Å²) >= 11 is 0. The molecule has 0 atom stereocenters. The smallest absolute Gasteiger partial charge is 0.340 e. The molecular formula is C15H24N4O2. The number of nitrogens with two attached hydrogens (primary N) is 1. The highest BCUT2D eigenvalue weighted by molar-refractivity contribution is 5.95. The lowest BCUT2D eigenvalue weighted by Gasteiger charge is -2.24. The third-order valence-corrected chi connectivity index (χ3v) is 4.06. The number of esters is 1. The normalized spacial score (nSPS) is 15.4. The second-order valence-electron chi connectivity index (χ2n) is 5.49. The minimum Gasteiger partial charge on any atom is -0.465 e. The van der Waals surface area contributed by atoms with Crippen molar-refractivity contribution in [1.29, 1.82) is 0 Å². The molecule has 116 valence electrons. The lowest BCUT2D eigenvalue weighted by Crippen LogP contribution is -2.33. The molecule has 21 heavy (non-hydrogen) atoms. The Hall–Kier alpha value is -1.82. The summed E-state index contributed by atoms with van der Waals surface area (Å²) in [7, 11) is 3.50. The van der Waals surface area contributed by atoms with Crippen LogP contribution < -0.4 is 11.1 Å². The summed E-state index contributed by atoms with van der Waals surface area (Å²) in [6.45, 7) is 1.73. The highest BCUT2D eigenvalue weighted by Crippen LogP contribution is 2.22. The quantitative estimate of drug-likeness (QED) is 0.777. The standard InChI is InChI=1S/C15H24N4O2/c1-19(11-5-3-4-6-11)8-7-17-14-9-12(15(20)21-2)13(16)10-18-14/h9-11H,3-8,16H2,1-2H3,(H,17,18). The molecule has 0 bridgehead atoms. The van der Waals surface area contributed by atoms with E-state index in [1.165, 1.54) is 39.0 Å². The number of anilines is 2. The number of hydrogen-bond donors (Lipinski definition) is 2. The molecule has 1 aromatic rings. The first kappa shape index (κ1) is 15.6. The Bertz CT molecular complexity index is 487. The van der Waals surface area contributed by atoms with Crippen molar-refractivity contribution in [3.63, 3.8) is 0 Å². The van der Waals surface area contributed by atoms with Gasteiger partial charge in [0.15, 0.2) is 0 Å². The van der Waals surface area contributed by atoms with Gasteiger partial charge in [0.2, 0.25) is 0 Å². The maximum atomic E-state index is 11.6. The maximum Gasteiger partial charge on any atom is 0.340 e. The van der Waals surface area contributed by atoms with Gasteiger partial charge in [-0.15, -0.1) is 0 Å². The third-order valence-electron chi connectivity index (χ3n) is 4.06. The van der Waals surface area contributed by atoms with E-state index in [9.17, 15) is 4.79 Å². The summed E-state index contributed by atoms with van der Waals surface area (Å²) in [5.74, 6) is 0.199. The first-order chi connectivity index (χ1) is 10.1. The summed E-state index contributed by atoms with van der Waals surface area (Å²) in [6, 6.07) is 2.34. The molecule has 0 aromatic carbocycles. The largest absolute Gasteiger partial charge is 0.465 e. The molecule has 0 aliphatic heterocycles. The van der Waals surface area contributed by atoms with E-state index in [2.05, 4.69) is 22.2 Å². The number of ether oxygens (including phenoxy) is 1. The van der Waals surface area contributed by atoms with E-state index in [-0.39, 0.29) is 0 Å². The van der Waals surface area contributed by atoms with Gasteiger partial charge in [0.25, 0.3) is 0 Å². The fourth-order valence-electron chi connectivity index (χ4n) is 2.74. The Kier molecular flexibility index (Phi) is 5.38. The van der Waals surface area contributed by atoms with Gasteiger partial charge in [-0.3, -0.25) is 0 Å². The van der Waals surface area contributed by atoms with Gasteiger partial charge in [0.1, 0.15) is 5.82 Å². The number of likely N-dealkylation sites (N-methyl/N-ethyl adjacent to an activating group) is 1. The van der Waals surface area contributed by atoms with E-state index in [1.54, 1.807) is 6.07 Å². The molecule has 0 amide bonds. The van der Waals surface area contributed by atoms with Crippen molar-refractivity contribution in [2.24, 2.45) is 0 Å². The van der Waals surface area contributed by atoms with E-state index in [0.717, 1.165) is 13.1 Å². The molecule has 0 unspecified atom stereocenters. The Morgan fingerprint density at radius 2 is 2.24 bits per heavy atom. The molecule has 6 nitrogen and oxygen atoms in total. The number of carbonyl (C=O) groups excluding carboxylic acids is 1. The fraction of sp³-hybridized carbons (Fsp3) is 0.600. The predicted molar refractivity (Wildman–Crippen MR) is 83.4 cm³/mol. The van der Waals surface area contributed by atoms with Gasteiger partial charge in [-0.1, -0.05) is 12.8 Å². The van der Waals surface area contributed by atoms with E-state index in [4.69, 9.17) is 10.5 Å². The molecule has 2 rings (SSSR count). The van der Waals surface area contributed by atoms with Crippen LogP contribution in [-0.4, -0.2) is 49.1 Å². The van der Waals surface area contributed by atoms with Crippen LogP contribution in [-0.2, 0) is 4.74 Å². The molecule has 0 spiro atoms. The Morgan fingerprint density at radius 3 is 2.90 bits per heavy atom. The number of carbonyl (C=O) groups is 1. The lowest BCUT2D eigenvalue weighted by atomic mass is 10.2. The third kappa shape index (κ3) is 4.07. The summed E-state index contributed by atoms with van der Waals surface area (Å²) in [5, 5.41) is 3.23. The molecule has 0 radical (unpaired) electrons. The number of rotatable bonds is 6. The van der Waals surface area contributed by atoms with Crippen LogP contribution in [0.5, 0.6) is 0 Å². The average molecular weight is 292 g/mol. The van der Waals surface area contributed by atoms with Crippen molar-refractivity contribution in [2.75, 3.05) is 38.3 Å². The Labute approximate surface area is 125 Å². The molecule has 0 saturated heterocycles. The van der Waals surface area contributed by atoms with Gasteiger partial charge in [-0.05, 0) is 26.0 Å². The number of hydrogen-bond acceptors (Lipinski definition) is 6. The van der Waals surface area contributed by atoms with Gasteiger partial charge < -0.3 is 20.7 Å². The minimum absolute atomic E-state index is 0.329. The number of nitrogens with one attached hydrogen (secondary N) is 1. The Balaban J connectivity index is 1.86. The number of pyridine rings is 1. The van der Waals surface area contributed by atoms with Crippen LogP contribution in [0.3, 0.4) is 0 Å². The molecule has 1 fully saturated rings. The van der Waals surface area contributed by atoms with Gasteiger partial charge in [-0.25, -0.2) is 9.78 Å². The number of nitrogens with zero attached hydrogens (tertiary/aromatic N) is 2. The van der Waals surface area contributed by atoms with Crippen LogP contribution in [0.25, 0.3) is 0 Å². The zero-order valence-corrected chi connectivity index (χ0v) is 12.8. The van der Waals surface area contributed by atoms with Gasteiger partial charge in [0.05, 0.1) is 24.6 Å². The van der Waals surface area contributed by atoms with E-state index in [1.807, 2.05) is 0 Å². The van der Waals surface area contributed by atoms with Gasteiger partial charge in [0, 0.05) is 19.1 Å². The second-order valence-corrected chi connectivity index (χ2v) is 5.49. The highest BCUT2D eigenvalue weighted by atomic mass is 16.5. The van der Waals surface area contributed by atoms with Crippen molar-refractivity contribution in [1.82, 2.24) is 9.88 Å². The second kappa shape index (κ2) is 7.26. The number of methoxy groups -OCH3 is 1. The van der Waals surface area contributed by atoms with Crippen LogP contribution >= 0.6 is 0 Å². The van der Waals surface area contributed by atoms with Crippen molar-refractivity contribution in [2.45, 2.75) is 31.7 Å². The van der Waals surface area contributed by atoms with Crippen LogP contribution in [0.15, 0.2) is 12.3 Å². The summed E-state index contributed by atoms with van der Waals surface area (Å²) in [5.41, 5.74) is 6.40. The summed E-state index contributed by atoms with van der Waals surface area (Å²) in [6.07, 6.45) is 6.75. The topological polar surface area (TPSA) is 80.5 Å².